The molecule has 29 heavy (non-hydrogen) atoms. The Bertz CT molecular complexity index is 1140. The molecule has 0 radical (unpaired) electrons. The van der Waals surface area contributed by atoms with Crippen molar-refractivity contribution in [3.63, 3.8) is 0 Å². The third-order valence-corrected chi connectivity index (χ3v) is 5.85. The number of H-pyrrole nitrogens is 1. The number of halogens is 1. The van der Waals surface area contributed by atoms with Crippen LogP contribution in [0.4, 0.5) is 10.1 Å². The molecular formula is C23H23FN2O3. The summed E-state index contributed by atoms with van der Waals surface area (Å²) in [5, 5.41) is 4.02. The number of carbonyl (C=O) groups is 1. The summed E-state index contributed by atoms with van der Waals surface area (Å²) in [6.07, 6.45) is 1.21. The van der Waals surface area contributed by atoms with Crippen molar-refractivity contribution in [1.82, 2.24) is 4.98 Å². The van der Waals surface area contributed by atoms with Crippen LogP contribution in [0.15, 0.2) is 36.4 Å². The standard InChI is InChI=1S/C23H23FN2O3/c1-22(2,3)20-9-13-8-14(4-5-17(13)26-20)25-21(27)23(6-7-23)15-10-18-19(11-16(15)24)29-12-28-18/h4-5,8-11,26H,6-7,12H2,1-3H3,(H,25,27). The molecule has 2 heterocycles. The number of benzene rings is 2. The maximum atomic E-state index is 14.7. The molecule has 2 aliphatic rings. The minimum atomic E-state index is -0.852. The molecule has 0 spiro atoms. The Hall–Kier alpha value is -3.02. The zero-order valence-corrected chi connectivity index (χ0v) is 16.7. The lowest BCUT2D eigenvalue weighted by molar-refractivity contribution is -0.118. The van der Waals surface area contributed by atoms with E-state index in [2.05, 4.69) is 37.1 Å². The fraction of sp³-hybridized carbons (Fsp3) is 0.348. The van der Waals surface area contributed by atoms with Gasteiger partial charge in [0.25, 0.3) is 0 Å². The maximum Gasteiger partial charge on any atom is 0.235 e. The number of aromatic nitrogens is 1. The van der Waals surface area contributed by atoms with E-state index < -0.39 is 11.2 Å². The van der Waals surface area contributed by atoms with Gasteiger partial charge in [0.05, 0.1) is 5.41 Å². The second-order valence-corrected chi connectivity index (χ2v) is 8.96. The summed E-state index contributed by atoms with van der Waals surface area (Å²) in [5.74, 6) is 0.248. The molecule has 5 rings (SSSR count). The third-order valence-electron chi connectivity index (χ3n) is 5.85. The fourth-order valence-corrected chi connectivity index (χ4v) is 3.89. The molecule has 5 nitrogen and oxygen atoms in total. The average Bonchev–Trinajstić information content (AvgIpc) is 3.14. The highest BCUT2D eigenvalue weighted by Gasteiger charge is 2.53. The zero-order valence-electron chi connectivity index (χ0n) is 16.7. The van der Waals surface area contributed by atoms with E-state index in [0.29, 0.717) is 35.6 Å². The second-order valence-electron chi connectivity index (χ2n) is 8.96. The van der Waals surface area contributed by atoms with Crippen molar-refractivity contribution in [3.8, 4) is 11.5 Å². The molecule has 3 aromatic rings. The largest absolute Gasteiger partial charge is 0.454 e. The van der Waals surface area contributed by atoms with Gasteiger partial charge in [0, 0.05) is 39.3 Å². The molecule has 1 saturated carbocycles. The van der Waals surface area contributed by atoms with Crippen LogP contribution in [0.3, 0.4) is 0 Å². The Morgan fingerprint density at radius 1 is 1.10 bits per heavy atom. The van der Waals surface area contributed by atoms with Crippen molar-refractivity contribution in [3.05, 3.63) is 53.5 Å². The Balaban J connectivity index is 1.43. The maximum absolute atomic E-state index is 14.7. The molecule has 0 unspecified atom stereocenters. The minimum Gasteiger partial charge on any atom is -0.454 e. The van der Waals surface area contributed by atoms with E-state index in [-0.39, 0.29) is 18.1 Å². The number of carbonyl (C=O) groups excluding carboxylic acids is 1. The van der Waals surface area contributed by atoms with E-state index in [1.807, 2.05) is 18.2 Å². The number of hydrogen-bond donors (Lipinski definition) is 2. The fourth-order valence-electron chi connectivity index (χ4n) is 3.89. The van der Waals surface area contributed by atoms with Gasteiger partial charge < -0.3 is 19.8 Å². The Labute approximate surface area is 168 Å². The third kappa shape index (κ3) is 2.94. The highest BCUT2D eigenvalue weighted by molar-refractivity contribution is 6.02. The molecule has 150 valence electrons. The van der Waals surface area contributed by atoms with Gasteiger partial charge in [-0.15, -0.1) is 0 Å². The molecule has 1 amide bonds. The van der Waals surface area contributed by atoms with Gasteiger partial charge in [-0.25, -0.2) is 4.39 Å². The van der Waals surface area contributed by atoms with Crippen LogP contribution in [-0.2, 0) is 15.6 Å². The minimum absolute atomic E-state index is 0.0113. The molecule has 0 bridgehead atoms. The summed E-state index contributed by atoms with van der Waals surface area (Å²) in [4.78, 5) is 16.5. The van der Waals surface area contributed by atoms with Crippen LogP contribution in [0.2, 0.25) is 0 Å². The Morgan fingerprint density at radius 2 is 1.83 bits per heavy atom. The summed E-state index contributed by atoms with van der Waals surface area (Å²) < 4.78 is 25.3. The molecule has 1 aliphatic carbocycles. The second kappa shape index (κ2) is 5.99. The van der Waals surface area contributed by atoms with Crippen LogP contribution in [0.1, 0.15) is 44.9 Å². The number of rotatable bonds is 3. The first-order valence-electron chi connectivity index (χ1n) is 9.81. The molecule has 1 aromatic heterocycles. The molecule has 0 atom stereocenters. The molecular weight excluding hydrogens is 371 g/mol. The van der Waals surface area contributed by atoms with Gasteiger partial charge in [-0.3, -0.25) is 4.79 Å². The molecule has 1 aliphatic heterocycles. The highest BCUT2D eigenvalue weighted by Crippen LogP contribution is 2.52. The summed E-state index contributed by atoms with van der Waals surface area (Å²) in [5.41, 5.74) is 2.39. The van der Waals surface area contributed by atoms with Gasteiger partial charge in [0.15, 0.2) is 11.5 Å². The first kappa shape index (κ1) is 18.0. The number of anilines is 1. The van der Waals surface area contributed by atoms with Crippen LogP contribution < -0.4 is 14.8 Å². The molecule has 2 aromatic carbocycles. The number of aromatic amines is 1. The first-order chi connectivity index (χ1) is 13.8. The Morgan fingerprint density at radius 3 is 2.52 bits per heavy atom. The zero-order chi connectivity index (χ0) is 20.4. The average molecular weight is 394 g/mol. The topological polar surface area (TPSA) is 63.4 Å². The van der Waals surface area contributed by atoms with Gasteiger partial charge in [0.2, 0.25) is 12.7 Å². The first-order valence-corrected chi connectivity index (χ1v) is 9.81. The number of hydrogen-bond acceptors (Lipinski definition) is 3. The van der Waals surface area contributed by atoms with E-state index in [4.69, 9.17) is 9.47 Å². The van der Waals surface area contributed by atoms with Gasteiger partial charge in [0.1, 0.15) is 5.82 Å². The molecule has 2 N–H and O–H groups in total. The summed E-state index contributed by atoms with van der Waals surface area (Å²) in [6.45, 7) is 6.52. The van der Waals surface area contributed by atoms with Crippen molar-refractivity contribution < 1.29 is 18.7 Å². The smallest absolute Gasteiger partial charge is 0.235 e. The summed E-state index contributed by atoms with van der Waals surface area (Å²) >= 11 is 0. The predicted molar refractivity (Wildman–Crippen MR) is 109 cm³/mol. The van der Waals surface area contributed by atoms with Crippen molar-refractivity contribution in [1.29, 1.82) is 0 Å². The van der Waals surface area contributed by atoms with E-state index in [1.165, 1.54) is 6.07 Å². The number of amides is 1. The monoisotopic (exact) mass is 394 g/mol. The summed E-state index contributed by atoms with van der Waals surface area (Å²) in [7, 11) is 0. The quantitative estimate of drug-likeness (QED) is 0.657. The van der Waals surface area contributed by atoms with Gasteiger partial charge in [-0.05, 0) is 43.2 Å². The number of nitrogens with one attached hydrogen (secondary N) is 2. The van der Waals surface area contributed by atoms with Crippen LogP contribution >= 0.6 is 0 Å². The van der Waals surface area contributed by atoms with E-state index in [1.54, 1.807) is 6.07 Å². The van der Waals surface area contributed by atoms with E-state index in [0.717, 1.165) is 16.6 Å². The van der Waals surface area contributed by atoms with Gasteiger partial charge in [-0.1, -0.05) is 20.8 Å². The highest BCUT2D eigenvalue weighted by atomic mass is 19.1. The summed E-state index contributed by atoms with van der Waals surface area (Å²) in [6, 6.07) is 10.8. The number of ether oxygens (including phenoxy) is 2. The predicted octanol–water partition coefficient (Wildman–Crippen LogP) is 5.00. The molecule has 6 heteroatoms. The van der Waals surface area contributed by atoms with Crippen LogP contribution in [0, 0.1) is 5.82 Å². The normalized spacial score (nSPS) is 16.8. The number of fused-ring (bicyclic) bond motifs is 2. The molecule has 1 fully saturated rings. The van der Waals surface area contributed by atoms with Crippen molar-refractivity contribution >= 4 is 22.5 Å². The van der Waals surface area contributed by atoms with Crippen molar-refractivity contribution in [2.75, 3.05) is 12.1 Å². The lowest BCUT2D eigenvalue weighted by Gasteiger charge is -2.17. The molecule has 0 saturated heterocycles. The Kier molecular flexibility index (Phi) is 3.72. The van der Waals surface area contributed by atoms with E-state index in [9.17, 15) is 9.18 Å². The van der Waals surface area contributed by atoms with E-state index >= 15 is 0 Å². The lowest BCUT2D eigenvalue weighted by atomic mass is 9.92. The van der Waals surface area contributed by atoms with Crippen LogP contribution in [-0.4, -0.2) is 17.7 Å². The van der Waals surface area contributed by atoms with Crippen molar-refractivity contribution in [2.45, 2.75) is 44.4 Å². The van der Waals surface area contributed by atoms with Gasteiger partial charge >= 0.3 is 0 Å². The lowest BCUT2D eigenvalue weighted by Crippen LogP contribution is -2.28. The van der Waals surface area contributed by atoms with Gasteiger partial charge in [-0.2, -0.15) is 0 Å². The van der Waals surface area contributed by atoms with Crippen LogP contribution in [0.25, 0.3) is 10.9 Å². The van der Waals surface area contributed by atoms with Crippen LogP contribution in [0.5, 0.6) is 11.5 Å². The SMILES string of the molecule is CC(C)(C)c1cc2cc(NC(=O)C3(c4cc5c(cc4F)OCO5)CC3)ccc2[nH]1. The van der Waals surface area contributed by atoms with Crippen molar-refractivity contribution in [2.24, 2.45) is 0 Å².